The second kappa shape index (κ2) is 10.1. The van der Waals surface area contributed by atoms with Gasteiger partial charge in [-0.1, -0.05) is 32.9 Å². The van der Waals surface area contributed by atoms with Gasteiger partial charge in [0.05, 0.1) is 6.61 Å². The number of hydrogen-bond acceptors (Lipinski definition) is 5. The maximum atomic E-state index is 13.8. The first-order valence-electron chi connectivity index (χ1n) is 10.9. The highest BCUT2D eigenvalue weighted by Gasteiger charge is 2.37. The van der Waals surface area contributed by atoms with Crippen LogP contribution in [0.5, 0.6) is 5.75 Å². The highest BCUT2D eigenvalue weighted by Crippen LogP contribution is 2.38. The first-order valence-corrected chi connectivity index (χ1v) is 10.9. The number of halogens is 3. The van der Waals surface area contributed by atoms with E-state index < -0.39 is 11.7 Å². The predicted octanol–water partition coefficient (Wildman–Crippen LogP) is 6.94. The maximum absolute atomic E-state index is 13.8. The molecule has 1 heterocycles. The molecule has 0 aliphatic heterocycles. The summed E-state index contributed by atoms with van der Waals surface area (Å²) >= 11 is 0. The molecule has 1 aromatic heterocycles. The minimum Gasteiger partial charge on any atom is -0.494 e. The molecule has 5 nitrogen and oxygen atoms in total. The number of nitrogens with zero attached hydrogens (tertiary/aromatic N) is 4. The van der Waals surface area contributed by atoms with Gasteiger partial charge < -0.3 is 14.5 Å². The number of rotatable bonds is 8. The molecular weight excluding hydrogens is 429 g/mol. The van der Waals surface area contributed by atoms with Crippen molar-refractivity contribution in [2.45, 2.75) is 39.3 Å². The van der Waals surface area contributed by atoms with Crippen molar-refractivity contribution in [3.05, 3.63) is 65.9 Å². The van der Waals surface area contributed by atoms with Crippen molar-refractivity contribution in [3.8, 4) is 5.75 Å². The molecule has 0 amide bonds. The van der Waals surface area contributed by atoms with Crippen molar-refractivity contribution in [2.24, 2.45) is 0 Å². The molecule has 0 unspecified atom stereocenters. The molecule has 0 radical (unpaired) electrons. The van der Waals surface area contributed by atoms with E-state index >= 15 is 0 Å². The van der Waals surface area contributed by atoms with Crippen LogP contribution in [0, 0.1) is 0 Å². The molecule has 0 fully saturated rings. The first-order chi connectivity index (χ1) is 15.6. The van der Waals surface area contributed by atoms with Gasteiger partial charge in [0.2, 0.25) is 5.95 Å². The van der Waals surface area contributed by atoms with Crippen LogP contribution in [-0.2, 0) is 6.18 Å². The van der Waals surface area contributed by atoms with E-state index in [-0.39, 0.29) is 11.8 Å². The van der Waals surface area contributed by atoms with Crippen molar-refractivity contribution in [1.82, 2.24) is 9.97 Å². The summed E-state index contributed by atoms with van der Waals surface area (Å²) in [7, 11) is 3.29. The molecule has 176 valence electrons. The fourth-order valence-corrected chi connectivity index (χ4v) is 3.29. The summed E-state index contributed by atoms with van der Waals surface area (Å²) in [5.41, 5.74) is 1.55. The molecule has 0 saturated carbocycles. The number of anilines is 4. The van der Waals surface area contributed by atoms with Crippen LogP contribution in [0.15, 0.2) is 54.7 Å². The summed E-state index contributed by atoms with van der Waals surface area (Å²) in [6.45, 7) is 6.77. The predicted molar refractivity (Wildman–Crippen MR) is 126 cm³/mol. The van der Waals surface area contributed by atoms with E-state index in [1.165, 1.54) is 4.90 Å². The Morgan fingerprint density at radius 2 is 1.48 bits per heavy atom. The Hall–Kier alpha value is -3.29. The molecule has 0 aliphatic carbocycles. The van der Waals surface area contributed by atoms with Crippen molar-refractivity contribution in [3.63, 3.8) is 0 Å². The second-order valence-corrected chi connectivity index (χ2v) is 8.11. The van der Waals surface area contributed by atoms with E-state index in [2.05, 4.69) is 23.8 Å². The number of alkyl halides is 3. The topological polar surface area (TPSA) is 41.5 Å². The SMILES string of the molecule is CCCOc1ccc(N(C)c2ncc(C(F)(F)F)c(N(C)c3ccc(C(C)C)cc3)n2)cc1. The summed E-state index contributed by atoms with van der Waals surface area (Å²) < 4.78 is 46.9. The van der Waals surface area contributed by atoms with Gasteiger partial charge in [0.25, 0.3) is 0 Å². The Labute approximate surface area is 192 Å². The average molecular weight is 459 g/mol. The maximum Gasteiger partial charge on any atom is 0.421 e. The quantitative estimate of drug-likeness (QED) is 0.366. The van der Waals surface area contributed by atoms with E-state index in [0.717, 1.165) is 29.6 Å². The zero-order valence-electron chi connectivity index (χ0n) is 19.5. The van der Waals surface area contributed by atoms with E-state index in [1.807, 2.05) is 43.3 Å². The normalized spacial score (nSPS) is 11.5. The van der Waals surface area contributed by atoms with Crippen molar-refractivity contribution < 1.29 is 17.9 Å². The molecule has 33 heavy (non-hydrogen) atoms. The van der Waals surface area contributed by atoms with Gasteiger partial charge in [-0.2, -0.15) is 18.2 Å². The lowest BCUT2D eigenvalue weighted by Crippen LogP contribution is -2.21. The molecule has 0 N–H and O–H groups in total. The average Bonchev–Trinajstić information content (AvgIpc) is 2.81. The Morgan fingerprint density at radius 3 is 2.03 bits per heavy atom. The Bertz CT molecular complexity index is 1050. The van der Waals surface area contributed by atoms with Crippen LogP contribution in [0.2, 0.25) is 0 Å². The fraction of sp³-hybridized carbons (Fsp3) is 0.360. The summed E-state index contributed by atoms with van der Waals surface area (Å²) in [6.07, 6.45) is -2.85. The molecule has 8 heteroatoms. The van der Waals surface area contributed by atoms with E-state index in [1.54, 1.807) is 31.1 Å². The lowest BCUT2D eigenvalue weighted by Gasteiger charge is -2.25. The Kier molecular flexibility index (Phi) is 7.46. The zero-order chi connectivity index (χ0) is 24.2. The first kappa shape index (κ1) is 24.4. The minimum absolute atomic E-state index is 0.158. The lowest BCUT2D eigenvalue weighted by molar-refractivity contribution is -0.137. The minimum atomic E-state index is -4.59. The van der Waals surface area contributed by atoms with Gasteiger partial charge in [0.15, 0.2) is 5.82 Å². The van der Waals surface area contributed by atoms with Crippen LogP contribution >= 0.6 is 0 Å². The highest BCUT2D eigenvalue weighted by atomic mass is 19.4. The summed E-state index contributed by atoms with van der Waals surface area (Å²) in [4.78, 5) is 11.4. The van der Waals surface area contributed by atoms with Gasteiger partial charge >= 0.3 is 6.18 Å². The van der Waals surface area contributed by atoms with Gasteiger partial charge in [-0.15, -0.1) is 0 Å². The van der Waals surface area contributed by atoms with Crippen LogP contribution in [0.3, 0.4) is 0 Å². The summed E-state index contributed by atoms with van der Waals surface area (Å²) in [5.74, 6) is 1.01. The molecule has 0 aliphatic rings. The third-order valence-electron chi connectivity index (χ3n) is 5.32. The smallest absolute Gasteiger partial charge is 0.421 e. The number of hydrogen-bond donors (Lipinski definition) is 0. The fourth-order valence-electron chi connectivity index (χ4n) is 3.29. The zero-order valence-corrected chi connectivity index (χ0v) is 19.5. The Morgan fingerprint density at radius 1 is 0.909 bits per heavy atom. The molecule has 0 spiro atoms. The summed E-state index contributed by atoms with van der Waals surface area (Å²) in [5, 5.41) is 0. The van der Waals surface area contributed by atoms with Gasteiger partial charge in [0, 0.05) is 31.7 Å². The second-order valence-electron chi connectivity index (χ2n) is 8.11. The standard InChI is InChI=1S/C25H29F3N4O/c1-6-15-33-21-13-11-20(12-14-21)32(5)24-29-16-22(25(26,27)28)23(30-24)31(4)19-9-7-18(8-10-19)17(2)3/h7-14,16-17H,6,15H2,1-5H3. The molecule has 3 aromatic rings. The van der Waals surface area contributed by atoms with Crippen LogP contribution < -0.4 is 14.5 Å². The van der Waals surface area contributed by atoms with Crippen LogP contribution in [0.25, 0.3) is 0 Å². The van der Waals surface area contributed by atoms with Crippen LogP contribution in [0.1, 0.15) is 44.2 Å². The highest BCUT2D eigenvalue weighted by molar-refractivity contribution is 5.66. The van der Waals surface area contributed by atoms with Crippen molar-refractivity contribution in [1.29, 1.82) is 0 Å². The monoisotopic (exact) mass is 458 g/mol. The van der Waals surface area contributed by atoms with Gasteiger partial charge in [-0.05, 0) is 54.3 Å². The molecule has 0 bridgehead atoms. The van der Waals surface area contributed by atoms with Gasteiger partial charge in [0.1, 0.15) is 11.3 Å². The van der Waals surface area contributed by atoms with E-state index in [4.69, 9.17) is 4.74 Å². The van der Waals surface area contributed by atoms with Gasteiger partial charge in [-0.25, -0.2) is 4.98 Å². The molecule has 2 aromatic carbocycles. The molecule has 0 saturated heterocycles. The third kappa shape index (κ3) is 5.74. The third-order valence-corrected chi connectivity index (χ3v) is 5.32. The Balaban J connectivity index is 1.95. The lowest BCUT2D eigenvalue weighted by atomic mass is 10.0. The van der Waals surface area contributed by atoms with E-state index in [0.29, 0.717) is 18.2 Å². The molecule has 3 rings (SSSR count). The van der Waals surface area contributed by atoms with Crippen molar-refractivity contribution in [2.75, 3.05) is 30.5 Å². The molecule has 0 atom stereocenters. The number of aromatic nitrogens is 2. The van der Waals surface area contributed by atoms with Crippen LogP contribution in [-0.4, -0.2) is 30.7 Å². The molecular formula is C25H29F3N4O. The number of ether oxygens (including phenoxy) is 1. The summed E-state index contributed by atoms with van der Waals surface area (Å²) in [6, 6.07) is 14.7. The van der Waals surface area contributed by atoms with Gasteiger partial charge in [-0.3, -0.25) is 0 Å². The van der Waals surface area contributed by atoms with Crippen molar-refractivity contribution >= 4 is 23.1 Å². The van der Waals surface area contributed by atoms with E-state index in [9.17, 15) is 13.2 Å². The van der Waals surface area contributed by atoms with Crippen LogP contribution in [0.4, 0.5) is 36.3 Å². The largest absolute Gasteiger partial charge is 0.494 e. The number of benzene rings is 2.